The molecule has 0 spiro atoms. The lowest BCUT2D eigenvalue weighted by molar-refractivity contribution is -0.119. The van der Waals surface area contributed by atoms with Crippen LogP contribution in [0.1, 0.15) is 21.8 Å². The van der Waals surface area contributed by atoms with Crippen LogP contribution < -0.4 is 24.7 Å². The Morgan fingerprint density at radius 3 is 1.60 bits per heavy atom. The fourth-order valence-corrected chi connectivity index (χ4v) is 7.16. The maximum atomic E-state index is 10.8. The summed E-state index contributed by atoms with van der Waals surface area (Å²) in [6, 6.07) is 25.8. The summed E-state index contributed by atoms with van der Waals surface area (Å²) in [5.74, 6) is 3.92. The van der Waals surface area contributed by atoms with Gasteiger partial charge in [0.2, 0.25) is 23.6 Å². The van der Waals surface area contributed by atoms with E-state index in [0.29, 0.717) is 47.9 Å². The molecular formula is C38H30N8O7S2. The molecule has 0 bridgehead atoms. The van der Waals surface area contributed by atoms with Crippen LogP contribution in [0.5, 0.6) is 23.0 Å². The Morgan fingerprint density at radius 1 is 0.691 bits per heavy atom. The molecule has 8 rings (SSSR count). The number of thiazole rings is 2. The molecule has 0 radical (unpaired) electrons. The Balaban J connectivity index is 0.000000169. The van der Waals surface area contributed by atoms with Crippen molar-refractivity contribution >= 4 is 49.0 Å². The average Bonchev–Trinajstić information content (AvgIpc) is 4.04. The lowest BCUT2D eigenvalue weighted by Gasteiger charge is -2.03. The largest absolute Gasteiger partial charge is 0.494 e. The van der Waals surface area contributed by atoms with Gasteiger partial charge in [-0.3, -0.25) is 9.64 Å². The molecule has 0 aliphatic heterocycles. The number of rotatable bonds is 13. The number of nitrogens with zero attached hydrogens (tertiary/aromatic N) is 7. The first-order chi connectivity index (χ1) is 26.9. The number of benzene rings is 4. The topological polar surface area (TPSA) is 188 Å². The number of fused-ring (bicyclic) bond motifs is 2. The second kappa shape index (κ2) is 16.8. The Hall–Kier alpha value is -6.90. The number of hydrogen-bond donors (Lipinski definition) is 1. The van der Waals surface area contributed by atoms with Crippen molar-refractivity contribution in [1.29, 1.82) is 0 Å². The third-order valence-electron chi connectivity index (χ3n) is 7.71. The normalized spacial score (nSPS) is 10.8. The van der Waals surface area contributed by atoms with Gasteiger partial charge < -0.3 is 33.5 Å². The summed E-state index contributed by atoms with van der Waals surface area (Å²) in [7, 11) is 3.26. The molecule has 8 aromatic rings. The fourth-order valence-electron chi connectivity index (χ4n) is 5.21. The molecule has 0 saturated heterocycles. The van der Waals surface area contributed by atoms with Crippen molar-refractivity contribution in [3.63, 3.8) is 0 Å². The van der Waals surface area contributed by atoms with Crippen molar-refractivity contribution in [2.75, 3.05) is 27.6 Å². The Kier molecular flexibility index (Phi) is 11.2. The highest BCUT2D eigenvalue weighted by molar-refractivity contribution is 7.19. The van der Waals surface area contributed by atoms with Crippen LogP contribution in [0.25, 0.3) is 48.2 Å². The van der Waals surface area contributed by atoms with E-state index in [1.807, 2.05) is 48.5 Å². The van der Waals surface area contributed by atoms with Crippen molar-refractivity contribution in [2.24, 2.45) is 5.73 Å². The summed E-state index contributed by atoms with van der Waals surface area (Å²) in [6.45, 7) is 6.56. The second-order valence-electron chi connectivity index (χ2n) is 11.4. The molecule has 4 aromatic carbocycles. The Morgan fingerprint density at radius 2 is 1.16 bits per heavy atom. The van der Waals surface area contributed by atoms with Gasteiger partial charge in [-0.05, 0) is 72.8 Å². The summed E-state index contributed by atoms with van der Waals surface area (Å²) in [5, 5.41) is 18.2. The van der Waals surface area contributed by atoms with Crippen LogP contribution in [0.4, 0.5) is 0 Å². The van der Waals surface area contributed by atoms with Crippen LogP contribution in [0.2, 0.25) is 0 Å². The molecule has 55 heavy (non-hydrogen) atoms. The highest BCUT2D eigenvalue weighted by atomic mass is 32.1. The van der Waals surface area contributed by atoms with Gasteiger partial charge in [0, 0.05) is 11.1 Å². The first-order valence-electron chi connectivity index (χ1n) is 16.5. The minimum atomic E-state index is -0.530. The predicted octanol–water partition coefficient (Wildman–Crippen LogP) is 7.01. The zero-order valence-corrected chi connectivity index (χ0v) is 30.9. The van der Waals surface area contributed by atoms with Gasteiger partial charge in [0.05, 0.1) is 36.5 Å². The van der Waals surface area contributed by atoms with Crippen LogP contribution >= 0.6 is 22.7 Å². The zero-order valence-electron chi connectivity index (χ0n) is 29.3. The number of primary amides is 1. The SMILES string of the molecule is COc1cccc2sc(Cc3nnc(-c4ccc(OCC(N)=O)cc4)o3)nc12.[C-]#[N+]COc1ccc(-c2nnc(Cc3nc4c(OC)cccc4s3)o2)cc1. The molecule has 0 aliphatic carbocycles. The molecule has 0 fully saturated rings. The van der Waals surface area contributed by atoms with Crippen molar-refractivity contribution < 1.29 is 32.6 Å². The van der Waals surface area contributed by atoms with E-state index in [1.54, 1.807) is 73.3 Å². The standard InChI is InChI=1S/C19H16N4O4S.C19H14N4O3S/c1-25-13-3-2-4-14-18(13)21-17(28-14)9-16-22-23-19(27-16)11-5-7-12(8-6-11)26-10-15(20)24;1-20-11-25-13-8-6-12(7-9-13)19-23-22-16(26-19)10-17-21-18-14(24-2)4-3-5-15(18)27-17/h2-8H,9-10H2,1H3,(H2,20,24);3-9H,10-11H2,2H3. The maximum Gasteiger partial charge on any atom is 0.357 e. The van der Waals surface area contributed by atoms with Gasteiger partial charge >= 0.3 is 6.73 Å². The lowest BCUT2D eigenvalue weighted by Crippen LogP contribution is -2.19. The molecule has 4 aromatic heterocycles. The molecule has 0 saturated carbocycles. The number of ether oxygens (including phenoxy) is 4. The number of carbonyl (C=O) groups excluding carboxylic acids is 1. The zero-order chi connectivity index (χ0) is 38.1. The minimum Gasteiger partial charge on any atom is -0.494 e. The van der Waals surface area contributed by atoms with Crippen molar-refractivity contribution in [2.45, 2.75) is 12.8 Å². The van der Waals surface area contributed by atoms with Crippen LogP contribution in [-0.2, 0) is 17.6 Å². The van der Waals surface area contributed by atoms with E-state index in [4.69, 9.17) is 40.1 Å². The number of carbonyl (C=O) groups is 1. The van der Waals surface area contributed by atoms with Gasteiger partial charge in [0.15, 0.2) is 6.61 Å². The summed E-state index contributed by atoms with van der Waals surface area (Å²) < 4.78 is 34.8. The summed E-state index contributed by atoms with van der Waals surface area (Å²) in [6.07, 6.45) is 0.900. The first kappa shape index (κ1) is 36.5. The van der Waals surface area contributed by atoms with Crippen molar-refractivity contribution in [1.82, 2.24) is 30.4 Å². The maximum absolute atomic E-state index is 10.8. The van der Waals surface area contributed by atoms with Crippen molar-refractivity contribution in [3.8, 4) is 45.9 Å². The highest BCUT2D eigenvalue weighted by Gasteiger charge is 2.16. The average molecular weight is 775 g/mol. The van der Waals surface area contributed by atoms with E-state index in [1.165, 1.54) is 0 Å². The number of methoxy groups -OCH3 is 2. The van der Waals surface area contributed by atoms with Crippen LogP contribution in [0.15, 0.2) is 93.8 Å². The predicted molar refractivity (Wildman–Crippen MR) is 204 cm³/mol. The van der Waals surface area contributed by atoms with Gasteiger partial charge in [-0.2, -0.15) is 0 Å². The number of amides is 1. The molecule has 2 N–H and O–H groups in total. The molecule has 0 unspecified atom stereocenters. The smallest absolute Gasteiger partial charge is 0.357 e. The highest BCUT2D eigenvalue weighted by Crippen LogP contribution is 2.32. The van der Waals surface area contributed by atoms with E-state index in [0.717, 1.165) is 53.1 Å². The Labute approximate surface area is 321 Å². The number of aromatic nitrogens is 6. The molecule has 4 heterocycles. The molecule has 0 atom stereocenters. The van der Waals surface area contributed by atoms with E-state index in [9.17, 15) is 4.79 Å². The number of nitrogens with two attached hydrogens (primary N) is 1. The monoisotopic (exact) mass is 774 g/mol. The van der Waals surface area contributed by atoms with E-state index in [-0.39, 0.29) is 13.3 Å². The van der Waals surface area contributed by atoms with Crippen molar-refractivity contribution in [3.05, 3.63) is 118 Å². The number of hydrogen-bond acceptors (Lipinski definition) is 15. The molecule has 1 amide bonds. The molecule has 17 heteroatoms. The summed E-state index contributed by atoms with van der Waals surface area (Å²) in [5.41, 5.74) is 8.27. The summed E-state index contributed by atoms with van der Waals surface area (Å²) >= 11 is 3.14. The van der Waals surface area contributed by atoms with E-state index >= 15 is 0 Å². The van der Waals surface area contributed by atoms with E-state index in [2.05, 4.69) is 35.2 Å². The van der Waals surface area contributed by atoms with Gasteiger partial charge in [-0.15, -0.1) is 43.1 Å². The third kappa shape index (κ3) is 8.84. The Bertz CT molecular complexity index is 2590. The van der Waals surface area contributed by atoms with Crippen LogP contribution in [0, 0.1) is 6.57 Å². The first-order valence-corrected chi connectivity index (χ1v) is 18.1. The van der Waals surface area contributed by atoms with Gasteiger partial charge in [-0.1, -0.05) is 12.1 Å². The molecule has 276 valence electrons. The molecule has 0 aliphatic rings. The van der Waals surface area contributed by atoms with E-state index < -0.39 is 5.91 Å². The lowest BCUT2D eigenvalue weighted by atomic mass is 10.2. The molecular weight excluding hydrogens is 745 g/mol. The van der Waals surface area contributed by atoms with Gasteiger partial charge in [-0.25, -0.2) is 16.5 Å². The third-order valence-corrected chi connectivity index (χ3v) is 9.75. The fraction of sp³-hybridized carbons (Fsp3) is 0.158. The van der Waals surface area contributed by atoms with Crippen LogP contribution in [0.3, 0.4) is 0 Å². The van der Waals surface area contributed by atoms with Gasteiger partial charge in [0.25, 0.3) is 5.91 Å². The second-order valence-corrected chi connectivity index (χ2v) is 13.7. The molecule has 15 nitrogen and oxygen atoms in total. The van der Waals surface area contributed by atoms with Gasteiger partial charge in [0.1, 0.15) is 44.0 Å². The van der Waals surface area contributed by atoms with Crippen LogP contribution in [-0.4, -0.2) is 63.8 Å². The minimum absolute atomic E-state index is 0.00297. The number of para-hydroxylation sites is 2. The quantitative estimate of drug-likeness (QED) is 0.118. The summed E-state index contributed by atoms with van der Waals surface area (Å²) in [4.78, 5) is 23.2.